The molecular formula is C16H20ClNO3S. The summed E-state index contributed by atoms with van der Waals surface area (Å²) in [5.74, 6) is 0.304. The predicted molar refractivity (Wildman–Crippen MR) is 87.0 cm³/mol. The largest absolute Gasteiger partial charge is 0.333 e. The lowest BCUT2D eigenvalue weighted by molar-refractivity contribution is 0.0563. The van der Waals surface area contributed by atoms with Crippen LogP contribution in [0.4, 0.5) is 0 Å². The van der Waals surface area contributed by atoms with E-state index in [0.29, 0.717) is 16.5 Å². The molecule has 1 aliphatic heterocycles. The Morgan fingerprint density at radius 1 is 1.32 bits per heavy atom. The van der Waals surface area contributed by atoms with E-state index in [1.165, 1.54) is 0 Å². The number of carbonyl (C=O) groups excluding carboxylic acids is 1. The van der Waals surface area contributed by atoms with Crippen molar-refractivity contribution in [1.29, 1.82) is 0 Å². The number of aryl methyl sites for hydroxylation is 1. The zero-order chi connectivity index (χ0) is 15.9. The minimum absolute atomic E-state index is 0.0471. The molecule has 0 unspecified atom stereocenters. The number of nitrogens with zero attached hydrogens (tertiary/aromatic N) is 1. The van der Waals surface area contributed by atoms with Gasteiger partial charge in [0.25, 0.3) is 5.91 Å². The molecule has 0 spiro atoms. The fraction of sp³-hybridized carbons (Fsp3) is 0.562. The summed E-state index contributed by atoms with van der Waals surface area (Å²) in [4.78, 5) is 14.6. The zero-order valence-corrected chi connectivity index (χ0v) is 14.2. The van der Waals surface area contributed by atoms with Gasteiger partial charge >= 0.3 is 0 Å². The van der Waals surface area contributed by atoms with Gasteiger partial charge in [-0.05, 0) is 43.4 Å². The number of amides is 1. The Kier molecular flexibility index (Phi) is 4.21. The van der Waals surface area contributed by atoms with Crippen LogP contribution in [-0.4, -0.2) is 43.3 Å². The first kappa shape index (κ1) is 15.8. The molecule has 1 amide bonds. The van der Waals surface area contributed by atoms with Gasteiger partial charge in [0.2, 0.25) is 0 Å². The highest BCUT2D eigenvalue weighted by atomic mass is 35.5. The van der Waals surface area contributed by atoms with Crippen molar-refractivity contribution in [2.75, 3.05) is 18.1 Å². The summed E-state index contributed by atoms with van der Waals surface area (Å²) in [5, 5.41) is 0.436. The molecule has 0 aromatic heterocycles. The molecular weight excluding hydrogens is 322 g/mol. The van der Waals surface area contributed by atoms with Crippen molar-refractivity contribution in [3.8, 4) is 0 Å². The van der Waals surface area contributed by atoms with Crippen molar-refractivity contribution >= 4 is 27.3 Å². The van der Waals surface area contributed by atoms with Crippen LogP contribution in [0.5, 0.6) is 0 Å². The van der Waals surface area contributed by atoms with Crippen LogP contribution >= 0.6 is 11.6 Å². The van der Waals surface area contributed by atoms with E-state index in [1.807, 2.05) is 13.0 Å². The fourth-order valence-electron chi connectivity index (χ4n) is 3.25. The maximum Gasteiger partial charge on any atom is 0.255 e. The van der Waals surface area contributed by atoms with Gasteiger partial charge in [0.05, 0.1) is 22.1 Å². The minimum atomic E-state index is -3.05. The van der Waals surface area contributed by atoms with Gasteiger partial charge in [-0.25, -0.2) is 8.42 Å². The number of sulfone groups is 1. The maximum atomic E-state index is 12.8. The second kappa shape index (κ2) is 5.85. The summed E-state index contributed by atoms with van der Waals surface area (Å²) in [6.07, 6.45) is 3.13. The number of hydrogen-bond acceptors (Lipinski definition) is 3. The Balaban J connectivity index is 1.89. The number of halogens is 1. The molecule has 6 heteroatoms. The summed E-state index contributed by atoms with van der Waals surface area (Å²) >= 11 is 6.21. The highest BCUT2D eigenvalue weighted by molar-refractivity contribution is 7.91. The smallest absolute Gasteiger partial charge is 0.255 e. The molecule has 1 saturated carbocycles. The molecule has 2 fully saturated rings. The molecule has 1 aromatic carbocycles. The van der Waals surface area contributed by atoms with Crippen molar-refractivity contribution in [3.05, 3.63) is 34.3 Å². The molecule has 0 radical (unpaired) electrons. The van der Waals surface area contributed by atoms with E-state index in [4.69, 9.17) is 11.6 Å². The van der Waals surface area contributed by atoms with Crippen molar-refractivity contribution in [2.24, 2.45) is 5.92 Å². The zero-order valence-electron chi connectivity index (χ0n) is 12.6. The van der Waals surface area contributed by atoms with Crippen molar-refractivity contribution < 1.29 is 13.2 Å². The molecule has 1 saturated heterocycles. The summed E-state index contributed by atoms with van der Waals surface area (Å²) in [6.45, 7) is 2.19. The average molecular weight is 342 g/mol. The lowest BCUT2D eigenvalue weighted by Gasteiger charge is -2.43. The highest BCUT2D eigenvalue weighted by Gasteiger charge is 2.41. The fourth-order valence-corrected chi connectivity index (χ4v) is 5.18. The van der Waals surface area contributed by atoms with E-state index >= 15 is 0 Å². The lowest BCUT2D eigenvalue weighted by atomic mass is 9.79. The summed E-state index contributed by atoms with van der Waals surface area (Å²) in [7, 11) is -3.05. The second-order valence-electron chi connectivity index (χ2n) is 6.35. The van der Waals surface area contributed by atoms with E-state index in [-0.39, 0.29) is 30.0 Å². The van der Waals surface area contributed by atoms with Gasteiger partial charge in [-0.1, -0.05) is 24.1 Å². The van der Waals surface area contributed by atoms with E-state index in [1.54, 1.807) is 17.0 Å². The van der Waals surface area contributed by atoms with Gasteiger partial charge in [-0.15, -0.1) is 0 Å². The first-order valence-electron chi connectivity index (χ1n) is 7.65. The Morgan fingerprint density at radius 2 is 2.05 bits per heavy atom. The second-order valence-corrected chi connectivity index (χ2v) is 8.99. The first-order valence-corrected chi connectivity index (χ1v) is 9.85. The van der Waals surface area contributed by atoms with Crippen molar-refractivity contribution in [2.45, 2.75) is 32.2 Å². The van der Waals surface area contributed by atoms with Crippen LogP contribution in [0.2, 0.25) is 5.02 Å². The predicted octanol–water partition coefficient (Wildman–Crippen LogP) is 2.69. The molecule has 0 bridgehead atoms. The third kappa shape index (κ3) is 3.01. The van der Waals surface area contributed by atoms with Crippen molar-refractivity contribution in [1.82, 2.24) is 4.90 Å². The van der Waals surface area contributed by atoms with Crippen LogP contribution in [-0.2, 0) is 9.84 Å². The lowest BCUT2D eigenvalue weighted by Crippen LogP contribution is -2.55. The van der Waals surface area contributed by atoms with Crippen LogP contribution < -0.4 is 0 Å². The number of rotatable bonds is 2. The van der Waals surface area contributed by atoms with Crippen LogP contribution in [0, 0.1) is 12.8 Å². The summed E-state index contributed by atoms with van der Waals surface area (Å²) in [6, 6.07) is 5.17. The molecule has 2 aliphatic rings. The first-order chi connectivity index (χ1) is 10.4. The normalized spacial score (nSPS) is 24.8. The Morgan fingerprint density at radius 3 is 2.64 bits per heavy atom. The third-order valence-electron chi connectivity index (χ3n) is 4.78. The molecule has 1 heterocycles. The van der Waals surface area contributed by atoms with Crippen LogP contribution in [0.3, 0.4) is 0 Å². The molecule has 4 nitrogen and oxygen atoms in total. The highest BCUT2D eigenvalue weighted by Crippen LogP contribution is 2.35. The van der Waals surface area contributed by atoms with Crippen LogP contribution in [0.1, 0.15) is 35.2 Å². The molecule has 120 valence electrons. The molecule has 22 heavy (non-hydrogen) atoms. The van der Waals surface area contributed by atoms with Gasteiger partial charge in [0.15, 0.2) is 9.84 Å². The van der Waals surface area contributed by atoms with E-state index in [2.05, 4.69) is 0 Å². The molecule has 1 aliphatic carbocycles. The summed E-state index contributed by atoms with van der Waals surface area (Å²) in [5.41, 5.74) is 1.47. The van der Waals surface area contributed by atoms with Gasteiger partial charge in [-0.3, -0.25) is 4.79 Å². The molecule has 1 atom stereocenters. The molecule has 3 rings (SSSR count). The third-order valence-corrected chi connectivity index (χ3v) is 6.74. The van der Waals surface area contributed by atoms with Gasteiger partial charge in [0.1, 0.15) is 0 Å². The number of benzene rings is 1. The van der Waals surface area contributed by atoms with Gasteiger partial charge < -0.3 is 4.90 Å². The van der Waals surface area contributed by atoms with E-state index in [0.717, 1.165) is 24.8 Å². The molecule has 0 N–H and O–H groups in total. The maximum absolute atomic E-state index is 12.8. The topological polar surface area (TPSA) is 54.5 Å². The van der Waals surface area contributed by atoms with Crippen LogP contribution in [0.25, 0.3) is 0 Å². The number of carbonyl (C=O) groups is 1. The number of hydrogen-bond donors (Lipinski definition) is 0. The van der Waals surface area contributed by atoms with Crippen LogP contribution in [0.15, 0.2) is 18.2 Å². The standard InChI is InChI=1S/C16H20ClNO3S/c1-11-5-6-13(14(17)9-11)16(19)18-7-8-22(20,21)10-15(18)12-3-2-4-12/h5-6,9,12,15H,2-4,7-8,10H2,1H3/t15-/m0/s1. The van der Waals surface area contributed by atoms with Crippen molar-refractivity contribution in [3.63, 3.8) is 0 Å². The Bertz CT molecular complexity index is 697. The summed E-state index contributed by atoms with van der Waals surface area (Å²) < 4.78 is 23.9. The monoisotopic (exact) mass is 341 g/mol. The van der Waals surface area contributed by atoms with E-state index < -0.39 is 9.84 Å². The Labute approximate surface area is 136 Å². The molecule has 1 aromatic rings. The SMILES string of the molecule is Cc1ccc(C(=O)N2CCS(=O)(=O)C[C@H]2C2CCC2)c(Cl)c1. The minimum Gasteiger partial charge on any atom is -0.333 e. The van der Waals surface area contributed by atoms with Gasteiger partial charge in [-0.2, -0.15) is 0 Å². The van der Waals surface area contributed by atoms with E-state index in [9.17, 15) is 13.2 Å². The average Bonchev–Trinajstić information content (AvgIpc) is 2.35. The quantitative estimate of drug-likeness (QED) is 0.831. The Hall–Kier alpha value is -1.07. The van der Waals surface area contributed by atoms with Gasteiger partial charge in [0, 0.05) is 12.6 Å².